The van der Waals surface area contributed by atoms with Gasteiger partial charge in [-0.1, -0.05) is 35.9 Å². The maximum absolute atomic E-state index is 13.9. The monoisotopic (exact) mass is 939 g/mol. The van der Waals surface area contributed by atoms with Crippen LogP contribution in [0.1, 0.15) is 109 Å². The first-order valence-corrected chi connectivity index (χ1v) is 24.7. The third-order valence-electron chi connectivity index (χ3n) is 14.8. The van der Waals surface area contributed by atoms with Crippen LogP contribution in [0.5, 0.6) is 11.5 Å². The molecule has 4 aliphatic heterocycles. The Kier molecular flexibility index (Phi) is 13.4. The molecule has 68 heavy (non-hydrogen) atoms. The zero-order valence-corrected chi connectivity index (χ0v) is 38.9. The molecule has 4 fully saturated rings. The molecule has 10 rings (SSSR count). The fourth-order valence-corrected chi connectivity index (χ4v) is 11.1. The van der Waals surface area contributed by atoms with Crippen LogP contribution in [0.25, 0.3) is 11.0 Å². The molecule has 16 heteroatoms. The first-order chi connectivity index (χ1) is 33.1. The minimum atomic E-state index is -0.601. The number of hydrogen-bond donors (Lipinski definition) is 4. The number of benzene rings is 3. The molecule has 3 saturated heterocycles. The Labute approximate surface area is 400 Å². The van der Waals surface area contributed by atoms with Crippen molar-refractivity contribution in [3.05, 3.63) is 107 Å². The number of rotatable bonds is 14. The molecule has 1 unspecified atom stereocenters. The number of piperidine rings is 3. The van der Waals surface area contributed by atoms with Gasteiger partial charge in [-0.25, -0.2) is 9.97 Å². The molecule has 2 aromatic heterocycles. The Morgan fingerprint density at radius 2 is 1.56 bits per heavy atom. The van der Waals surface area contributed by atoms with Gasteiger partial charge in [0.05, 0.1) is 16.0 Å². The summed E-state index contributed by atoms with van der Waals surface area (Å²) < 4.78 is 5.91. The maximum atomic E-state index is 13.9. The number of ether oxygens (including phenoxy) is 1. The molecule has 4 N–H and O–H groups in total. The minimum Gasteiger partial charge on any atom is -0.457 e. The van der Waals surface area contributed by atoms with Crippen LogP contribution in [-0.2, 0) is 20.9 Å². The molecule has 0 radical (unpaired) electrons. The van der Waals surface area contributed by atoms with Crippen LogP contribution in [0.3, 0.4) is 0 Å². The molecule has 1 saturated carbocycles. The van der Waals surface area contributed by atoms with Crippen LogP contribution in [0, 0.1) is 11.8 Å². The lowest BCUT2D eigenvalue weighted by molar-refractivity contribution is -0.137. The van der Waals surface area contributed by atoms with Gasteiger partial charge in [-0.15, -0.1) is 0 Å². The van der Waals surface area contributed by atoms with E-state index in [2.05, 4.69) is 46.8 Å². The van der Waals surface area contributed by atoms with E-state index >= 15 is 0 Å². The summed E-state index contributed by atoms with van der Waals surface area (Å²) in [6, 6.07) is 20.2. The van der Waals surface area contributed by atoms with Gasteiger partial charge in [0, 0.05) is 73.6 Å². The highest BCUT2D eigenvalue weighted by molar-refractivity contribution is 6.35. The number of carbonyl (C=O) groups is 5. The zero-order chi connectivity index (χ0) is 46.7. The Morgan fingerprint density at radius 1 is 0.794 bits per heavy atom. The van der Waals surface area contributed by atoms with Gasteiger partial charge < -0.3 is 35.1 Å². The molecule has 5 aliphatic rings. The van der Waals surface area contributed by atoms with Crippen molar-refractivity contribution in [2.45, 2.75) is 102 Å². The molecule has 4 amide bonds. The van der Waals surface area contributed by atoms with Crippen molar-refractivity contribution in [1.82, 2.24) is 35.4 Å². The van der Waals surface area contributed by atoms with Gasteiger partial charge in [-0.3, -0.25) is 29.3 Å². The molecule has 354 valence electrons. The number of likely N-dealkylation sites (tertiary alicyclic amines) is 1. The fourth-order valence-electron chi connectivity index (χ4n) is 10.9. The Morgan fingerprint density at radius 3 is 2.32 bits per heavy atom. The topological polar surface area (TPSA) is 182 Å². The summed E-state index contributed by atoms with van der Waals surface area (Å²) in [4.78, 5) is 83.3. The summed E-state index contributed by atoms with van der Waals surface area (Å²) in [5.41, 5.74) is 4.00. The van der Waals surface area contributed by atoms with E-state index in [0.29, 0.717) is 76.3 Å². The second-order valence-electron chi connectivity index (χ2n) is 19.2. The summed E-state index contributed by atoms with van der Waals surface area (Å²) in [6.07, 6.45) is 13.2. The van der Waals surface area contributed by atoms with E-state index in [9.17, 15) is 24.0 Å². The van der Waals surface area contributed by atoms with E-state index in [0.717, 1.165) is 95.3 Å². The number of para-hydroxylation sites is 1. The van der Waals surface area contributed by atoms with Crippen LogP contribution in [0.2, 0.25) is 5.02 Å². The number of carbonyl (C=O) groups excluding carboxylic acids is 5. The van der Waals surface area contributed by atoms with Crippen LogP contribution in [0.15, 0.2) is 79.3 Å². The average molecular weight is 941 g/mol. The zero-order valence-electron chi connectivity index (χ0n) is 38.2. The number of hydrogen-bond acceptors (Lipinski definition) is 11. The van der Waals surface area contributed by atoms with Crippen molar-refractivity contribution in [3.63, 3.8) is 0 Å². The third kappa shape index (κ3) is 10.1. The number of imide groups is 1. The highest BCUT2D eigenvalue weighted by Crippen LogP contribution is 2.35. The summed E-state index contributed by atoms with van der Waals surface area (Å²) in [6.45, 7) is 5.44. The molecular formula is C52H58ClN9O6. The van der Waals surface area contributed by atoms with Crippen LogP contribution in [0.4, 0.5) is 11.5 Å². The Bertz CT molecular complexity index is 2690. The van der Waals surface area contributed by atoms with Crippen molar-refractivity contribution >= 4 is 63.6 Å². The minimum absolute atomic E-state index is 0.129. The van der Waals surface area contributed by atoms with Gasteiger partial charge in [-0.05, 0) is 138 Å². The van der Waals surface area contributed by atoms with E-state index in [1.807, 2.05) is 42.5 Å². The number of ketones is 1. The fraction of sp³-hybridized carbons (Fsp3) is 0.442. The number of halogens is 1. The summed E-state index contributed by atoms with van der Waals surface area (Å²) in [5, 5.41) is 10.2. The lowest BCUT2D eigenvalue weighted by Crippen LogP contribution is -2.52. The second kappa shape index (κ2) is 20.1. The van der Waals surface area contributed by atoms with Gasteiger partial charge in [-0.2, -0.15) is 0 Å². The van der Waals surface area contributed by atoms with Crippen molar-refractivity contribution in [2.24, 2.45) is 11.8 Å². The number of amides is 4. The SMILES string of the molecule is O=C1CCC(N2Cc3ccc(N4CCC(CCN5CCC(CC(=O)NC6CCC(Nc7ncnc8[nH]cc(C(=O)c9ccc(Oc%10ccccc%10)cc9Cl)c78)CC6)CC5)CC4)cc3C2=O)C(=O)N1. The molecule has 1 atom stereocenters. The number of nitrogens with one attached hydrogen (secondary N) is 4. The first-order valence-electron chi connectivity index (χ1n) is 24.3. The molecule has 15 nitrogen and oxygen atoms in total. The van der Waals surface area contributed by atoms with Gasteiger partial charge in [0.1, 0.15) is 35.3 Å². The highest BCUT2D eigenvalue weighted by atomic mass is 35.5. The van der Waals surface area contributed by atoms with E-state index < -0.39 is 6.04 Å². The summed E-state index contributed by atoms with van der Waals surface area (Å²) in [7, 11) is 0. The van der Waals surface area contributed by atoms with Crippen molar-refractivity contribution in [2.75, 3.05) is 42.9 Å². The standard InChI is InChI=1S/C52H58ClN9O6/c53-43-28-39(68-38-4-2-1-3-5-38)12-13-40(43)48(65)42-29-54-49-47(42)50(56-31-55-49)58-36-9-7-35(8-10-36)57-46(64)26-33-17-22-60(23-18-33)21-16-32-19-24-61(25-20-32)37-11-6-34-30-62(52(67)41(34)27-37)44-14-15-45(63)59-51(44)66/h1-6,11-13,27-29,31-33,35-36,44H,7-10,14-26,30H2,(H,57,64)(H,59,63,66)(H2,54,55,56,58). The average Bonchev–Trinajstić information content (AvgIpc) is 3.93. The molecule has 5 aromatic rings. The second-order valence-corrected chi connectivity index (χ2v) is 19.7. The molecule has 6 heterocycles. The smallest absolute Gasteiger partial charge is 0.255 e. The predicted octanol–water partition coefficient (Wildman–Crippen LogP) is 7.64. The van der Waals surface area contributed by atoms with E-state index in [-0.39, 0.29) is 52.9 Å². The number of H-pyrrole nitrogens is 1. The largest absolute Gasteiger partial charge is 0.457 e. The van der Waals surface area contributed by atoms with Gasteiger partial charge in [0.15, 0.2) is 5.78 Å². The normalized spacial score (nSPS) is 21.7. The molecule has 0 spiro atoms. The van der Waals surface area contributed by atoms with Crippen molar-refractivity contribution < 1.29 is 28.7 Å². The van der Waals surface area contributed by atoms with Gasteiger partial charge >= 0.3 is 0 Å². The van der Waals surface area contributed by atoms with Crippen LogP contribution < -0.4 is 25.6 Å². The van der Waals surface area contributed by atoms with E-state index in [4.69, 9.17) is 16.3 Å². The lowest BCUT2D eigenvalue weighted by atomic mass is 9.89. The molecule has 3 aromatic carbocycles. The quantitative estimate of drug-likeness (QED) is 0.0635. The van der Waals surface area contributed by atoms with Crippen LogP contribution >= 0.6 is 11.6 Å². The Hall–Kier alpha value is -6.32. The van der Waals surface area contributed by atoms with Gasteiger partial charge in [0.2, 0.25) is 17.7 Å². The third-order valence-corrected chi connectivity index (χ3v) is 15.2. The maximum Gasteiger partial charge on any atom is 0.255 e. The van der Waals surface area contributed by atoms with Gasteiger partial charge in [0.25, 0.3) is 5.91 Å². The van der Waals surface area contributed by atoms with E-state index in [1.165, 1.54) is 12.7 Å². The summed E-state index contributed by atoms with van der Waals surface area (Å²) in [5.74, 6) is 1.98. The molecule has 1 aliphatic carbocycles. The lowest BCUT2D eigenvalue weighted by Gasteiger charge is -2.36. The highest BCUT2D eigenvalue weighted by Gasteiger charge is 2.39. The summed E-state index contributed by atoms with van der Waals surface area (Å²) >= 11 is 6.64. The van der Waals surface area contributed by atoms with Crippen molar-refractivity contribution in [1.29, 1.82) is 0 Å². The van der Waals surface area contributed by atoms with Crippen molar-refractivity contribution in [3.8, 4) is 11.5 Å². The predicted molar refractivity (Wildman–Crippen MR) is 259 cm³/mol. The van der Waals surface area contributed by atoms with Crippen LogP contribution in [-0.4, -0.2) is 105 Å². The number of fused-ring (bicyclic) bond motifs is 2. The first kappa shape index (κ1) is 45.5. The molecular weight excluding hydrogens is 882 g/mol. The van der Waals surface area contributed by atoms with E-state index in [1.54, 1.807) is 29.3 Å². The number of nitrogens with zero attached hydrogens (tertiary/aromatic N) is 5. The number of anilines is 2. The number of aromatic nitrogens is 3. The molecule has 0 bridgehead atoms. The number of aromatic amines is 1. The Balaban J connectivity index is 0.630.